The summed E-state index contributed by atoms with van der Waals surface area (Å²) in [7, 11) is 3.40. The van der Waals surface area contributed by atoms with Crippen molar-refractivity contribution in [3.05, 3.63) is 54.1 Å². The van der Waals surface area contributed by atoms with Crippen LogP contribution in [0.1, 0.15) is 24.8 Å². The molecule has 0 radical (unpaired) electrons. The maximum Gasteiger partial charge on any atom is 0.227 e. The summed E-state index contributed by atoms with van der Waals surface area (Å²) in [6.07, 6.45) is 2.43. The molecule has 31 heavy (non-hydrogen) atoms. The van der Waals surface area contributed by atoms with Gasteiger partial charge in [-0.2, -0.15) is 0 Å². The van der Waals surface area contributed by atoms with Gasteiger partial charge in [0.1, 0.15) is 11.5 Å². The molecule has 0 aromatic heterocycles. The van der Waals surface area contributed by atoms with E-state index in [1.807, 2.05) is 53.4 Å². The Balaban J connectivity index is 0.00000341. The van der Waals surface area contributed by atoms with Crippen LogP contribution in [0.4, 0.5) is 5.69 Å². The van der Waals surface area contributed by atoms with E-state index in [0.29, 0.717) is 19.6 Å². The largest absolute Gasteiger partial charge is 0.497 e. The van der Waals surface area contributed by atoms with Crippen LogP contribution in [0.15, 0.2) is 53.5 Å². The third-order valence-corrected chi connectivity index (χ3v) is 4.93. The molecule has 0 spiro atoms. The number of halogens is 1. The van der Waals surface area contributed by atoms with E-state index in [2.05, 4.69) is 15.6 Å². The first kappa shape index (κ1) is 24.8. The van der Waals surface area contributed by atoms with Crippen molar-refractivity contribution in [3.8, 4) is 11.5 Å². The number of anilines is 1. The number of rotatable bonds is 9. The number of hydrogen-bond acceptors (Lipinski definition) is 4. The number of nitrogens with one attached hydrogen (secondary N) is 2. The zero-order valence-electron chi connectivity index (χ0n) is 18.1. The highest BCUT2D eigenvalue weighted by Gasteiger charge is 2.21. The Bertz CT molecular complexity index is 858. The van der Waals surface area contributed by atoms with Crippen LogP contribution < -0.4 is 25.0 Å². The van der Waals surface area contributed by atoms with Crippen molar-refractivity contribution in [2.24, 2.45) is 4.99 Å². The van der Waals surface area contributed by atoms with Crippen molar-refractivity contribution in [3.63, 3.8) is 0 Å². The Morgan fingerprint density at radius 1 is 1.13 bits per heavy atom. The number of nitrogens with zero attached hydrogens (tertiary/aromatic N) is 2. The second kappa shape index (κ2) is 13.0. The van der Waals surface area contributed by atoms with Crippen LogP contribution in [0, 0.1) is 0 Å². The van der Waals surface area contributed by atoms with Crippen LogP contribution in [0.5, 0.6) is 11.5 Å². The third kappa shape index (κ3) is 7.61. The van der Waals surface area contributed by atoms with Gasteiger partial charge < -0.3 is 25.0 Å². The minimum atomic E-state index is 0. The number of hydrogen-bond donors (Lipinski definition) is 2. The monoisotopic (exact) mass is 538 g/mol. The van der Waals surface area contributed by atoms with Gasteiger partial charge in [0.25, 0.3) is 0 Å². The molecule has 0 atom stereocenters. The molecule has 1 fully saturated rings. The number of aliphatic imine (C=N–C) groups is 1. The van der Waals surface area contributed by atoms with Gasteiger partial charge >= 0.3 is 0 Å². The summed E-state index contributed by atoms with van der Waals surface area (Å²) < 4.78 is 10.9. The minimum Gasteiger partial charge on any atom is -0.497 e. The average Bonchev–Trinajstić information content (AvgIpc) is 3.22. The molecule has 3 rings (SSSR count). The smallest absolute Gasteiger partial charge is 0.227 e. The van der Waals surface area contributed by atoms with Crippen molar-refractivity contribution in [1.82, 2.24) is 10.6 Å². The lowest BCUT2D eigenvalue weighted by Gasteiger charge is -2.16. The molecule has 7 nitrogen and oxygen atoms in total. The maximum absolute atomic E-state index is 11.8. The molecule has 2 N–H and O–H groups in total. The molecular formula is C23H31IN4O3. The number of amides is 1. The first-order valence-corrected chi connectivity index (χ1v) is 10.3. The normalized spacial score (nSPS) is 13.5. The van der Waals surface area contributed by atoms with E-state index in [9.17, 15) is 4.79 Å². The van der Waals surface area contributed by atoms with Gasteiger partial charge in [0.2, 0.25) is 5.91 Å². The van der Waals surface area contributed by atoms with E-state index in [-0.39, 0.29) is 29.9 Å². The van der Waals surface area contributed by atoms with Gasteiger partial charge in [0, 0.05) is 44.9 Å². The maximum atomic E-state index is 11.8. The fourth-order valence-corrected chi connectivity index (χ4v) is 3.28. The van der Waals surface area contributed by atoms with Crippen LogP contribution in [-0.4, -0.2) is 45.7 Å². The predicted molar refractivity (Wildman–Crippen MR) is 135 cm³/mol. The van der Waals surface area contributed by atoms with Crippen molar-refractivity contribution in [1.29, 1.82) is 0 Å². The lowest BCUT2D eigenvalue weighted by molar-refractivity contribution is -0.117. The summed E-state index contributed by atoms with van der Waals surface area (Å²) >= 11 is 0. The fraction of sp³-hybridized carbons (Fsp3) is 0.391. The fourth-order valence-electron chi connectivity index (χ4n) is 3.28. The lowest BCUT2D eigenvalue weighted by atomic mass is 10.2. The highest BCUT2D eigenvalue weighted by molar-refractivity contribution is 14.0. The van der Waals surface area contributed by atoms with Gasteiger partial charge in [-0.1, -0.05) is 18.2 Å². The Morgan fingerprint density at radius 3 is 2.58 bits per heavy atom. The molecule has 1 saturated heterocycles. The number of carbonyl (C=O) groups is 1. The predicted octanol–water partition coefficient (Wildman–Crippen LogP) is 3.57. The molecular weight excluding hydrogens is 507 g/mol. The molecule has 2 aromatic carbocycles. The summed E-state index contributed by atoms with van der Waals surface area (Å²) in [5.41, 5.74) is 2.11. The highest BCUT2D eigenvalue weighted by atomic mass is 127. The van der Waals surface area contributed by atoms with Crippen LogP contribution in [0.2, 0.25) is 0 Å². The summed E-state index contributed by atoms with van der Waals surface area (Å²) in [5.74, 6) is 2.54. The number of benzene rings is 2. The zero-order valence-corrected chi connectivity index (χ0v) is 20.4. The molecule has 0 unspecified atom stereocenters. The molecule has 1 aliphatic heterocycles. The van der Waals surface area contributed by atoms with Gasteiger partial charge in [-0.25, -0.2) is 0 Å². The van der Waals surface area contributed by atoms with Crippen molar-refractivity contribution in [2.75, 3.05) is 38.8 Å². The molecule has 0 saturated carbocycles. The summed E-state index contributed by atoms with van der Waals surface area (Å²) in [6, 6.07) is 15.7. The topological polar surface area (TPSA) is 75.2 Å². The SMILES string of the molecule is CN=C(NCCCOc1cccc(OC)c1)NCc1ccc(N2CCCC2=O)cc1.I. The molecule has 1 heterocycles. The van der Waals surface area contributed by atoms with Crippen molar-refractivity contribution in [2.45, 2.75) is 25.8 Å². The Hall–Kier alpha value is -2.49. The standard InChI is InChI=1S/C23H30N4O3.HI/c1-24-23(25-13-5-15-30-21-7-3-6-20(16-21)29-2)26-17-18-9-11-19(12-10-18)27-14-4-8-22(27)28;/h3,6-7,9-12,16H,4-5,8,13-15,17H2,1-2H3,(H2,24,25,26);1H. The molecule has 168 valence electrons. The van der Waals surface area contributed by atoms with Crippen LogP contribution in [-0.2, 0) is 11.3 Å². The Morgan fingerprint density at radius 2 is 1.90 bits per heavy atom. The highest BCUT2D eigenvalue weighted by Crippen LogP contribution is 2.21. The minimum absolute atomic E-state index is 0. The van der Waals surface area contributed by atoms with Crippen LogP contribution >= 0.6 is 24.0 Å². The zero-order chi connectivity index (χ0) is 21.2. The van der Waals surface area contributed by atoms with Gasteiger partial charge in [-0.15, -0.1) is 24.0 Å². The molecule has 1 amide bonds. The molecule has 0 bridgehead atoms. The summed E-state index contributed by atoms with van der Waals surface area (Å²) in [5, 5.41) is 6.60. The summed E-state index contributed by atoms with van der Waals surface area (Å²) in [6.45, 7) is 2.83. The van der Waals surface area contributed by atoms with Crippen molar-refractivity contribution >= 4 is 41.5 Å². The van der Waals surface area contributed by atoms with E-state index in [0.717, 1.165) is 54.6 Å². The van der Waals surface area contributed by atoms with E-state index in [4.69, 9.17) is 9.47 Å². The van der Waals surface area contributed by atoms with Gasteiger partial charge in [0.05, 0.1) is 13.7 Å². The number of methoxy groups -OCH3 is 1. The molecule has 2 aromatic rings. The Labute approximate surface area is 201 Å². The second-order valence-corrected chi connectivity index (χ2v) is 7.05. The summed E-state index contributed by atoms with van der Waals surface area (Å²) in [4.78, 5) is 18.0. The van der Waals surface area contributed by atoms with E-state index < -0.39 is 0 Å². The lowest BCUT2D eigenvalue weighted by Crippen LogP contribution is -2.37. The van der Waals surface area contributed by atoms with E-state index in [1.165, 1.54) is 0 Å². The van der Waals surface area contributed by atoms with E-state index in [1.54, 1.807) is 14.2 Å². The number of carbonyl (C=O) groups excluding carboxylic acids is 1. The second-order valence-electron chi connectivity index (χ2n) is 7.05. The molecule has 0 aliphatic carbocycles. The Kier molecular flexibility index (Phi) is 10.4. The number of guanidine groups is 1. The quantitative estimate of drug-likeness (QED) is 0.221. The van der Waals surface area contributed by atoms with Crippen LogP contribution in [0.25, 0.3) is 0 Å². The van der Waals surface area contributed by atoms with Crippen molar-refractivity contribution < 1.29 is 14.3 Å². The van der Waals surface area contributed by atoms with Gasteiger partial charge in [-0.05, 0) is 42.7 Å². The molecule has 8 heteroatoms. The third-order valence-electron chi connectivity index (χ3n) is 4.93. The first-order chi connectivity index (χ1) is 14.7. The first-order valence-electron chi connectivity index (χ1n) is 10.3. The van der Waals surface area contributed by atoms with Crippen LogP contribution in [0.3, 0.4) is 0 Å². The van der Waals surface area contributed by atoms with Gasteiger partial charge in [0.15, 0.2) is 5.96 Å². The van der Waals surface area contributed by atoms with Gasteiger partial charge in [-0.3, -0.25) is 9.79 Å². The molecule has 1 aliphatic rings. The number of ether oxygens (including phenoxy) is 2. The van der Waals surface area contributed by atoms with E-state index >= 15 is 0 Å². The average molecular weight is 538 g/mol.